The van der Waals surface area contributed by atoms with Gasteiger partial charge >= 0.3 is 5.97 Å². The monoisotopic (exact) mass is 257 g/mol. The number of fused-ring (bicyclic) bond motifs is 1. The number of nitrogens with one attached hydrogen (secondary N) is 1. The van der Waals surface area contributed by atoms with Gasteiger partial charge in [-0.05, 0) is 43.1 Å². The molecule has 2 unspecified atom stereocenters. The van der Waals surface area contributed by atoms with Crippen LogP contribution in [-0.2, 0) is 9.59 Å². The van der Waals surface area contributed by atoms with E-state index in [1.165, 1.54) is 6.42 Å². The average molecular weight is 257 g/mol. The maximum Gasteiger partial charge on any atom is 0.326 e. The van der Waals surface area contributed by atoms with Gasteiger partial charge < -0.3 is 10.4 Å². The SMILES string of the molecule is CSCC[C@@H](NC(=O)C1C2CCCC21)C(=O)O. The van der Waals surface area contributed by atoms with E-state index < -0.39 is 12.0 Å². The van der Waals surface area contributed by atoms with Gasteiger partial charge in [-0.2, -0.15) is 11.8 Å². The fourth-order valence-corrected chi connectivity index (χ4v) is 3.44. The van der Waals surface area contributed by atoms with E-state index in [-0.39, 0.29) is 11.8 Å². The molecule has 0 aromatic carbocycles. The second kappa shape index (κ2) is 5.29. The first-order valence-corrected chi connectivity index (χ1v) is 7.56. The van der Waals surface area contributed by atoms with E-state index >= 15 is 0 Å². The summed E-state index contributed by atoms with van der Waals surface area (Å²) in [5.41, 5.74) is 0. The van der Waals surface area contributed by atoms with E-state index in [9.17, 15) is 9.59 Å². The first-order chi connectivity index (χ1) is 8.15. The molecule has 3 atom stereocenters. The van der Waals surface area contributed by atoms with Gasteiger partial charge in [0, 0.05) is 5.92 Å². The largest absolute Gasteiger partial charge is 0.480 e. The number of hydrogen-bond acceptors (Lipinski definition) is 3. The van der Waals surface area contributed by atoms with Crippen LogP contribution in [0.2, 0.25) is 0 Å². The molecule has 2 fully saturated rings. The van der Waals surface area contributed by atoms with Crippen molar-refractivity contribution in [2.75, 3.05) is 12.0 Å². The number of thioether (sulfide) groups is 1. The first-order valence-electron chi connectivity index (χ1n) is 6.17. The molecule has 96 valence electrons. The fraction of sp³-hybridized carbons (Fsp3) is 0.833. The second-order valence-electron chi connectivity index (χ2n) is 4.97. The average Bonchev–Trinajstić information content (AvgIpc) is 2.78. The topological polar surface area (TPSA) is 66.4 Å². The summed E-state index contributed by atoms with van der Waals surface area (Å²) in [6.45, 7) is 0. The molecule has 2 rings (SSSR count). The fourth-order valence-electron chi connectivity index (χ4n) is 2.97. The number of aliphatic carboxylic acids is 1. The number of carbonyl (C=O) groups excluding carboxylic acids is 1. The van der Waals surface area contributed by atoms with Crippen LogP contribution in [0, 0.1) is 17.8 Å². The van der Waals surface area contributed by atoms with Crippen LogP contribution in [0.15, 0.2) is 0 Å². The Morgan fingerprint density at radius 2 is 2.06 bits per heavy atom. The Morgan fingerprint density at radius 3 is 2.59 bits per heavy atom. The predicted octanol–water partition coefficient (Wildman–Crippen LogP) is 1.35. The standard InChI is InChI=1S/C12H19NO3S/c1-17-6-5-9(12(15)16)13-11(14)10-7-3-2-4-8(7)10/h7-10H,2-6H2,1H3,(H,13,14)(H,15,16)/t7?,8?,9-,10?/m1/s1. The van der Waals surface area contributed by atoms with Crippen molar-refractivity contribution in [3.63, 3.8) is 0 Å². The van der Waals surface area contributed by atoms with Gasteiger partial charge in [-0.3, -0.25) is 4.79 Å². The number of carbonyl (C=O) groups is 2. The lowest BCUT2D eigenvalue weighted by molar-refractivity contribution is -0.142. The van der Waals surface area contributed by atoms with Crippen molar-refractivity contribution in [2.45, 2.75) is 31.7 Å². The maximum atomic E-state index is 11.9. The molecule has 17 heavy (non-hydrogen) atoms. The highest BCUT2D eigenvalue weighted by Gasteiger charge is 2.56. The van der Waals surface area contributed by atoms with Crippen molar-refractivity contribution >= 4 is 23.6 Å². The zero-order chi connectivity index (χ0) is 12.4. The van der Waals surface area contributed by atoms with Crippen LogP contribution in [0.3, 0.4) is 0 Å². The molecule has 2 saturated carbocycles. The Balaban J connectivity index is 1.81. The van der Waals surface area contributed by atoms with Crippen molar-refractivity contribution < 1.29 is 14.7 Å². The highest BCUT2D eigenvalue weighted by atomic mass is 32.2. The van der Waals surface area contributed by atoms with Gasteiger partial charge in [-0.1, -0.05) is 6.42 Å². The summed E-state index contributed by atoms with van der Waals surface area (Å²) in [7, 11) is 0. The Bertz CT molecular complexity index is 311. The van der Waals surface area contributed by atoms with Crippen LogP contribution in [-0.4, -0.2) is 35.0 Å². The molecule has 5 heteroatoms. The van der Waals surface area contributed by atoms with E-state index in [0.29, 0.717) is 18.3 Å². The lowest BCUT2D eigenvalue weighted by Gasteiger charge is -2.14. The zero-order valence-electron chi connectivity index (χ0n) is 10.0. The first kappa shape index (κ1) is 12.7. The summed E-state index contributed by atoms with van der Waals surface area (Å²) in [6, 6.07) is -0.712. The molecule has 0 radical (unpaired) electrons. The molecule has 4 nitrogen and oxygen atoms in total. The minimum atomic E-state index is -0.918. The van der Waals surface area contributed by atoms with Crippen molar-refractivity contribution in [3.05, 3.63) is 0 Å². The van der Waals surface area contributed by atoms with Gasteiger partial charge in [0.05, 0.1) is 0 Å². The van der Waals surface area contributed by atoms with Crippen molar-refractivity contribution in [3.8, 4) is 0 Å². The molecule has 2 aliphatic rings. The Labute approximate surface area is 106 Å². The van der Waals surface area contributed by atoms with Crippen LogP contribution in [0.25, 0.3) is 0 Å². The molecule has 0 saturated heterocycles. The van der Waals surface area contributed by atoms with Crippen LogP contribution < -0.4 is 5.32 Å². The highest BCUT2D eigenvalue weighted by Crippen LogP contribution is 2.57. The smallest absolute Gasteiger partial charge is 0.326 e. The van der Waals surface area contributed by atoms with Gasteiger partial charge in [0.2, 0.25) is 5.91 Å². The van der Waals surface area contributed by atoms with Crippen LogP contribution in [0.1, 0.15) is 25.7 Å². The maximum absolute atomic E-state index is 11.9. The Hall–Kier alpha value is -0.710. The number of amides is 1. The second-order valence-corrected chi connectivity index (χ2v) is 5.95. The third-order valence-electron chi connectivity index (χ3n) is 3.93. The third kappa shape index (κ3) is 2.76. The van der Waals surface area contributed by atoms with Gasteiger partial charge in [-0.25, -0.2) is 4.79 Å². The molecule has 0 bridgehead atoms. The molecular formula is C12H19NO3S. The third-order valence-corrected chi connectivity index (χ3v) is 4.58. The van der Waals surface area contributed by atoms with Crippen LogP contribution in [0.4, 0.5) is 0 Å². The molecule has 1 amide bonds. The summed E-state index contributed by atoms with van der Waals surface area (Å²) in [5.74, 6) is 1.01. The summed E-state index contributed by atoms with van der Waals surface area (Å²) in [5, 5.41) is 11.7. The summed E-state index contributed by atoms with van der Waals surface area (Å²) >= 11 is 1.60. The number of hydrogen-bond donors (Lipinski definition) is 2. The van der Waals surface area contributed by atoms with Crippen molar-refractivity contribution in [1.29, 1.82) is 0 Å². The highest BCUT2D eigenvalue weighted by molar-refractivity contribution is 7.98. The van der Waals surface area contributed by atoms with E-state index in [1.807, 2.05) is 6.26 Å². The van der Waals surface area contributed by atoms with Gasteiger partial charge in [0.1, 0.15) is 6.04 Å². The molecule has 0 aromatic heterocycles. The van der Waals surface area contributed by atoms with Gasteiger partial charge in [-0.15, -0.1) is 0 Å². The van der Waals surface area contributed by atoms with Gasteiger partial charge in [0.25, 0.3) is 0 Å². The molecular weight excluding hydrogens is 238 g/mol. The summed E-state index contributed by atoms with van der Waals surface area (Å²) in [4.78, 5) is 22.9. The zero-order valence-corrected chi connectivity index (χ0v) is 10.8. The molecule has 0 aliphatic heterocycles. The molecule has 2 aliphatic carbocycles. The van der Waals surface area contributed by atoms with E-state index in [4.69, 9.17) is 5.11 Å². The number of rotatable bonds is 6. The number of carboxylic acid groups (broad SMARTS) is 1. The van der Waals surface area contributed by atoms with E-state index in [0.717, 1.165) is 18.6 Å². The molecule has 0 spiro atoms. The van der Waals surface area contributed by atoms with Crippen molar-refractivity contribution in [2.24, 2.45) is 17.8 Å². The van der Waals surface area contributed by atoms with Crippen molar-refractivity contribution in [1.82, 2.24) is 5.32 Å². The van der Waals surface area contributed by atoms with Crippen LogP contribution in [0.5, 0.6) is 0 Å². The Kier molecular flexibility index (Phi) is 3.97. The van der Waals surface area contributed by atoms with E-state index in [1.54, 1.807) is 11.8 Å². The minimum absolute atomic E-state index is 0.0341. The van der Waals surface area contributed by atoms with E-state index in [2.05, 4.69) is 5.32 Å². The number of carboxylic acids is 1. The van der Waals surface area contributed by atoms with Crippen LogP contribution >= 0.6 is 11.8 Å². The Morgan fingerprint density at radius 1 is 1.41 bits per heavy atom. The minimum Gasteiger partial charge on any atom is -0.480 e. The quantitative estimate of drug-likeness (QED) is 0.754. The molecule has 0 aromatic rings. The lowest BCUT2D eigenvalue weighted by Crippen LogP contribution is -2.42. The summed E-state index contributed by atoms with van der Waals surface area (Å²) in [6.07, 6.45) is 5.96. The van der Waals surface area contributed by atoms with Gasteiger partial charge in [0.15, 0.2) is 0 Å². The molecule has 0 heterocycles. The molecule has 2 N–H and O–H groups in total. The lowest BCUT2D eigenvalue weighted by atomic mass is 10.1. The predicted molar refractivity (Wildman–Crippen MR) is 66.9 cm³/mol. The summed E-state index contributed by atoms with van der Waals surface area (Å²) < 4.78 is 0. The normalized spacial score (nSPS) is 31.7.